The number of nitrogens with zero attached hydrogens (tertiary/aromatic N) is 1. The van der Waals surface area contributed by atoms with Crippen LogP contribution in [0.1, 0.15) is 48.5 Å². The first-order chi connectivity index (χ1) is 9.17. The van der Waals surface area contributed by atoms with Crippen LogP contribution in [0.2, 0.25) is 0 Å². The summed E-state index contributed by atoms with van der Waals surface area (Å²) in [6.45, 7) is 4.98. The largest absolute Gasteiger partial charge is 0.336 e. The Kier molecular flexibility index (Phi) is 4.43. The first-order valence-electron chi connectivity index (χ1n) is 7.05. The molecule has 0 atom stereocenters. The lowest BCUT2D eigenvalue weighted by Crippen LogP contribution is -2.34. The Labute approximate surface area is 114 Å². The number of nitrogens with two attached hydrogens (primary N) is 1. The summed E-state index contributed by atoms with van der Waals surface area (Å²) < 4.78 is 0. The Morgan fingerprint density at radius 3 is 2.74 bits per heavy atom. The zero-order valence-corrected chi connectivity index (χ0v) is 11.8. The highest BCUT2D eigenvalue weighted by Gasteiger charge is 2.32. The van der Waals surface area contributed by atoms with Gasteiger partial charge in [-0.15, -0.1) is 0 Å². The average molecular weight is 261 g/mol. The third-order valence-corrected chi connectivity index (χ3v) is 3.62. The van der Waals surface area contributed by atoms with Crippen molar-refractivity contribution in [3.05, 3.63) is 29.3 Å². The molecule has 1 aliphatic carbocycles. The van der Waals surface area contributed by atoms with Gasteiger partial charge in [0.15, 0.2) is 0 Å². The highest BCUT2D eigenvalue weighted by molar-refractivity contribution is 5.96. The third-order valence-electron chi connectivity index (χ3n) is 3.62. The molecule has 0 aromatic heterocycles. The normalized spacial score (nSPS) is 14.3. The number of nitrogen functional groups attached to an aromatic ring is 1. The van der Waals surface area contributed by atoms with E-state index in [0.29, 0.717) is 6.04 Å². The third kappa shape index (κ3) is 3.26. The molecule has 0 spiro atoms. The number of hydrogen-bond acceptors (Lipinski definition) is 3. The molecule has 3 N–H and O–H groups in total. The molecule has 1 aromatic rings. The van der Waals surface area contributed by atoms with Gasteiger partial charge in [0, 0.05) is 23.8 Å². The zero-order chi connectivity index (χ0) is 13.8. The minimum atomic E-state index is 0.164. The summed E-state index contributed by atoms with van der Waals surface area (Å²) in [7, 11) is 0. The molecule has 104 valence electrons. The van der Waals surface area contributed by atoms with E-state index >= 15 is 0 Å². The maximum absolute atomic E-state index is 12.6. The summed E-state index contributed by atoms with van der Waals surface area (Å²) >= 11 is 0. The van der Waals surface area contributed by atoms with Crippen molar-refractivity contribution in [3.63, 3.8) is 0 Å². The lowest BCUT2D eigenvalue weighted by atomic mass is 10.1. The van der Waals surface area contributed by atoms with Crippen LogP contribution in [-0.2, 0) is 0 Å². The lowest BCUT2D eigenvalue weighted by molar-refractivity contribution is 0.0740. The fraction of sp³-hybridized carbons (Fsp3) is 0.533. The summed E-state index contributed by atoms with van der Waals surface area (Å²) in [5.41, 5.74) is 5.21. The molecule has 4 heteroatoms. The molecule has 1 amide bonds. The number of hydrazine groups is 1. The first kappa shape index (κ1) is 13.9. The molecule has 0 unspecified atom stereocenters. The van der Waals surface area contributed by atoms with Crippen LogP contribution in [0, 0.1) is 6.92 Å². The lowest BCUT2D eigenvalue weighted by Gasteiger charge is -2.23. The van der Waals surface area contributed by atoms with E-state index < -0.39 is 0 Å². The molecule has 1 aliphatic rings. The summed E-state index contributed by atoms with van der Waals surface area (Å²) in [5.74, 6) is 5.55. The number of benzene rings is 1. The number of hydrogen-bond donors (Lipinski definition) is 2. The van der Waals surface area contributed by atoms with E-state index in [2.05, 4.69) is 12.3 Å². The fourth-order valence-electron chi connectivity index (χ4n) is 2.31. The van der Waals surface area contributed by atoms with Crippen molar-refractivity contribution in [3.8, 4) is 0 Å². The standard InChI is InChI=1S/C15H23N3O/c1-3-4-9-18(13-6-7-13)15(19)14-8-5-12(17-16)10-11(14)2/h5,8,10,13,17H,3-4,6-7,9,16H2,1-2H3. The summed E-state index contributed by atoms with van der Waals surface area (Å²) in [6.07, 6.45) is 4.49. The number of aryl methyl sites for hydroxylation is 1. The molecule has 0 aliphatic heterocycles. The Balaban J connectivity index is 2.16. The van der Waals surface area contributed by atoms with E-state index in [1.165, 1.54) is 0 Å². The van der Waals surface area contributed by atoms with Crippen molar-refractivity contribution >= 4 is 11.6 Å². The van der Waals surface area contributed by atoms with Gasteiger partial charge in [-0.3, -0.25) is 10.6 Å². The second-order valence-corrected chi connectivity index (χ2v) is 5.26. The summed E-state index contributed by atoms with van der Waals surface area (Å²) in [6, 6.07) is 6.10. The minimum absolute atomic E-state index is 0.164. The second-order valence-electron chi connectivity index (χ2n) is 5.26. The van der Waals surface area contributed by atoms with Gasteiger partial charge in [0.05, 0.1) is 0 Å². The smallest absolute Gasteiger partial charge is 0.254 e. The molecule has 4 nitrogen and oxygen atoms in total. The van der Waals surface area contributed by atoms with Gasteiger partial charge in [-0.25, -0.2) is 0 Å². The number of rotatable bonds is 6. The number of nitrogens with one attached hydrogen (secondary N) is 1. The maximum atomic E-state index is 12.6. The summed E-state index contributed by atoms with van der Waals surface area (Å²) in [4.78, 5) is 14.7. The van der Waals surface area contributed by atoms with E-state index in [4.69, 9.17) is 5.84 Å². The van der Waals surface area contributed by atoms with Crippen LogP contribution in [0.4, 0.5) is 5.69 Å². The number of carbonyl (C=O) groups is 1. The average Bonchev–Trinajstić information content (AvgIpc) is 3.23. The zero-order valence-electron chi connectivity index (χ0n) is 11.8. The molecule has 19 heavy (non-hydrogen) atoms. The fourth-order valence-corrected chi connectivity index (χ4v) is 2.31. The van der Waals surface area contributed by atoms with Crippen molar-refractivity contribution in [1.29, 1.82) is 0 Å². The number of anilines is 1. The maximum Gasteiger partial charge on any atom is 0.254 e. The molecule has 0 bridgehead atoms. The van der Waals surface area contributed by atoms with Gasteiger partial charge in [-0.05, 0) is 49.9 Å². The first-order valence-corrected chi connectivity index (χ1v) is 7.05. The van der Waals surface area contributed by atoms with Crippen molar-refractivity contribution in [1.82, 2.24) is 4.90 Å². The van der Waals surface area contributed by atoms with Crippen molar-refractivity contribution in [2.24, 2.45) is 5.84 Å². The molecular formula is C15H23N3O. The Morgan fingerprint density at radius 1 is 1.47 bits per heavy atom. The van der Waals surface area contributed by atoms with E-state index in [-0.39, 0.29) is 5.91 Å². The second kappa shape index (κ2) is 6.06. The topological polar surface area (TPSA) is 58.4 Å². The van der Waals surface area contributed by atoms with Crippen molar-refractivity contribution in [2.45, 2.75) is 45.6 Å². The highest BCUT2D eigenvalue weighted by Crippen LogP contribution is 2.29. The number of amides is 1. The predicted octanol–water partition coefficient (Wildman–Crippen LogP) is 2.69. The Hall–Kier alpha value is -1.55. The van der Waals surface area contributed by atoms with Gasteiger partial charge in [-0.2, -0.15) is 0 Å². The SMILES string of the molecule is CCCCN(C(=O)c1ccc(NN)cc1C)C1CC1. The van der Waals surface area contributed by atoms with Gasteiger partial charge in [-0.1, -0.05) is 13.3 Å². The van der Waals surface area contributed by atoms with Gasteiger partial charge < -0.3 is 10.3 Å². The van der Waals surface area contributed by atoms with Crippen LogP contribution < -0.4 is 11.3 Å². The highest BCUT2D eigenvalue weighted by atomic mass is 16.2. The van der Waals surface area contributed by atoms with Crippen LogP contribution in [-0.4, -0.2) is 23.4 Å². The van der Waals surface area contributed by atoms with Gasteiger partial charge in [0.1, 0.15) is 0 Å². The molecule has 0 radical (unpaired) electrons. The van der Waals surface area contributed by atoms with E-state index in [1.807, 2.05) is 30.0 Å². The van der Waals surface area contributed by atoms with Gasteiger partial charge in [0.2, 0.25) is 0 Å². The van der Waals surface area contributed by atoms with Crippen LogP contribution in [0.3, 0.4) is 0 Å². The quantitative estimate of drug-likeness (QED) is 0.611. The van der Waals surface area contributed by atoms with E-state index in [1.54, 1.807) is 0 Å². The van der Waals surface area contributed by atoms with Crippen LogP contribution in [0.5, 0.6) is 0 Å². The van der Waals surface area contributed by atoms with Crippen LogP contribution in [0.25, 0.3) is 0 Å². The molecule has 1 fully saturated rings. The van der Waals surface area contributed by atoms with E-state index in [9.17, 15) is 4.79 Å². The number of unbranched alkanes of at least 4 members (excludes halogenated alkanes) is 1. The molecule has 1 saturated carbocycles. The van der Waals surface area contributed by atoms with Crippen molar-refractivity contribution in [2.75, 3.05) is 12.0 Å². The van der Waals surface area contributed by atoms with Gasteiger partial charge >= 0.3 is 0 Å². The summed E-state index contributed by atoms with van der Waals surface area (Å²) in [5, 5.41) is 0. The Bertz CT molecular complexity index is 455. The van der Waals surface area contributed by atoms with Crippen LogP contribution >= 0.6 is 0 Å². The monoisotopic (exact) mass is 261 g/mol. The minimum Gasteiger partial charge on any atom is -0.336 e. The number of carbonyl (C=O) groups excluding carboxylic acids is 1. The van der Waals surface area contributed by atoms with Gasteiger partial charge in [0.25, 0.3) is 5.91 Å². The van der Waals surface area contributed by atoms with Crippen molar-refractivity contribution < 1.29 is 4.79 Å². The van der Waals surface area contributed by atoms with Crippen LogP contribution in [0.15, 0.2) is 18.2 Å². The molecule has 2 rings (SSSR count). The molecule has 1 aromatic carbocycles. The van der Waals surface area contributed by atoms with E-state index in [0.717, 1.165) is 49.0 Å². The Morgan fingerprint density at radius 2 is 2.21 bits per heavy atom. The molecule has 0 heterocycles. The predicted molar refractivity (Wildman–Crippen MR) is 78.0 cm³/mol. The molecular weight excluding hydrogens is 238 g/mol. The molecule has 0 saturated heterocycles.